The first kappa shape index (κ1) is 19.2. The molecule has 0 fully saturated rings. The van der Waals surface area contributed by atoms with E-state index in [1.165, 1.54) is 0 Å². The van der Waals surface area contributed by atoms with Gasteiger partial charge >= 0.3 is 0 Å². The van der Waals surface area contributed by atoms with Crippen molar-refractivity contribution >= 4 is 32.9 Å². The van der Waals surface area contributed by atoms with E-state index in [0.717, 1.165) is 11.3 Å². The van der Waals surface area contributed by atoms with E-state index in [1.807, 2.05) is 31.2 Å². The van der Waals surface area contributed by atoms with Gasteiger partial charge in [-0.15, -0.1) is 0 Å². The van der Waals surface area contributed by atoms with E-state index < -0.39 is 9.84 Å². The fourth-order valence-electron chi connectivity index (χ4n) is 2.24. The molecule has 0 saturated heterocycles. The van der Waals surface area contributed by atoms with Gasteiger partial charge in [-0.3, -0.25) is 0 Å². The fourth-order valence-corrected chi connectivity index (χ4v) is 3.76. The van der Waals surface area contributed by atoms with E-state index in [9.17, 15) is 8.42 Å². The van der Waals surface area contributed by atoms with Gasteiger partial charge in [0.2, 0.25) is 0 Å². The molecule has 134 valence electrons. The van der Waals surface area contributed by atoms with Crippen molar-refractivity contribution in [3.8, 4) is 5.75 Å². The Morgan fingerprint density at radius 2 is 1.80 bits per heavy atom. The monoisotopic (exact) mass is 378 g/mol. The molecule has 2 N–H and O–H groups in total. The fraction of sp³-hybridized carbons (Fsp3) is 0.278. The van der Waals surface area contributed by atoms with E-state index in [2.05, 4.69) is 10.6 Å². The molecule has 25 heavy (non-hydrogen) atoms. The lowest BCUT2D eigenvalue weighted by atomic mass is 10.2. The largest absolute Gasteiger partial charge is 0.495 e. The molecule has 2 aromatic rings. The second kappa shape index (κ2) is 8.82. The number of ether oxygens (including phenoxy) is 1. The van der Waals surface area contributed by atoms with Crippen LogP contribution in [0.25, 0.3) is 0 Å². The van der Waals surface area contributed by atoms with Gasteiger partial charge in [-0.2, -0.15) is 0 Å². The second-order valence-electron chi connectivity index (χ2n) is 5.57. The predicted octanol–water partition coefficient (Wildman–Crippen LogP) is 3.15. The zero-order chi connectivity index (χ0) is 18.3. The summed E-state index contributed by atoms with van der Waals surface area (Å²) in [4.78, 5) is 0.354. The first-order valence-electron chi connectivity index (χ1n) is 7.89. The van der Waals surface area contributed by atoms with Crippen molar-refractivity contribution in [1.82, 2.24) is 5.32 Å². The molecule has 2 aromatic carbocycles. The van der Waals surface area contributed by atoms with Gasteiger partial charge in [-0.1, -0.05) is 29.8 Å². The summed E-state index contributed by atoms with van der Waals surface area (Å²) in [6, 6.07) is 14.3. The first-order valence-corrected chi connectivity index (χ1v) is 9.96. The Balaban J connectivity index is 1.80. The Labute approximate surface area is 154 Å². The standard InChI is InChI=1S/C18H22N2O3S2/c1-14-8-10-15(11-9-14)25(21,22)13-5-12-19-18(24)20-16-6-3-4-7-17(16)23-2/h3-4,6-11H,5,12-13H2,1-2H3,(H2,19,20,24). The van der Waals surface area contributed by atoms with Gasteiger partial charge in [0.05, 0.1) is 23.4 Å². The number of methoxy groups -OCH3 is 1. The number of sulfone groups is 1. The van der Waals surface area contributed by atoms with Crippen LogP contribution in [-0.4, -0.2) is 32.9 Å². The number of para-hydroxylation sites is 2. The molecule has 0 aliphatic heterocycles. The summed E-state index contributed by atoms with van der Waals surface area (Å²) in [6.07, 6.45) is 0.462. The maximum absolute atomic E-state index is 12.3. The predicted molar refractivity (Wildman–Crippen MR) is 105 cm³/mol. The summed E-state index contributed by atoms with van der Waals surface area (Å²) >= 11 is 5.23. The lowest BCUT2D eigenvalue weighted by Crippen LogP contribution is -2.30. The van der Waals surface area contributed by atoms with Gasteiger partial charge in [-0.25, -0.2) is 8.42 Å². The molecule has 0 aliphatic rings. The second-order valence-corrected chi connectivity index (χ2v) is 8.08. The molecule has 0 aliphatic carbocycles. The summed E-state index contributed by atoms with van der Waals surface area (Å²) < 4.78 is 29.8. The van der Waals surface area contributed by atoms with Gasteiger partial charge in [0, 0.05) is 6.54 Å². The maximum Gasteiger partial charge on any atom is 0.178 e. The van der Waals surface area contributed by atoms with E-state index in [4.69, 9.17) is 17.0 Å². The zero-order valence-electron chi connectivity index (χ0n) is 14.3. The molecule has 0 amide bonds. The van der Waals surface area contributed by atoms with Gasteiger partial charge in [0.25, 0.3) is 0 Å². The average Bonchev–Trinajstić information content (AvgIpc) is 2.59. The summed E-state index contributed by atoms with van der Waals surface area (Å²) in [5.74, 6) is 0.758. The molecule has 7 heteroatoms. The van der Waals surface area contributed by atoms with Crippen LogP contribution in [0, 0.1) is 6.92 Å². The van der Waals surface area contributed by atoms with Crippen molar-refractivity contribution in [3.63, 3.8) is 0 Å². The first-order chi connectivity index (χ1) is 11.9. The van der Waals surface area contributed by atoms with E-state index in [0.29, 0.717) is 28.7 Å². The van der Waals surface area contributed by atoms with E-state index in [1.54, 1.807) is 31.4 Å². The van der Waals surface area contributed by atoms with Crippen molar-refractivity contribution in [2.75, 3.05) is 24.7 Å². The molecule has 0 heterocycles. The van der Waals surface area contributed by atoms with Crippen LogP contribution in [0.3, 0.4) is 0 Å². The van der Waals surface area contributed by atoms with Crippen LogP contribution >= 0.6 is 12.2 Å². The third-order valence-electron chi connectivity index (χ3n) is 3.61. The highest BCUT2D eigenvalue weighted by Gasteiger charge is 2.13. The number of nitrogens with one attached hydrogen (secondary N) is 2. The molecule has 2 rings (SSSR count). The number of hydrogen-bond acceptors (Lipinski definition) is 4. The van der Waals surface area contributed by atoms with E-state index >= 15 is 0 Å². The number of thiocarbonyl (C=S) groups is 1. The Kier molecular flexibility index (Phi) is 6.78. The van der Waals surface area contributed by atoms with Crippen LogP contribution in [0.2, 0.25) is 0 Å². The zero-order valence-corrected chi connectivity index (χ0v) is 15.9. The van der Waals surface area contributed by atoms with Crippen molar-refractivity contribution in [3.05, 3.63) is 54.1 Å². The van der Waals surface area contributed by atoms with E-state index in [-0.39, 0.29) is 5.75 Å². The van der Waals surface area contributed by atoms with Crippen LogP contribution in [-0.2, 0) is 9.84 Å². The molecule has 0 bridgehead atoms. The molecule has 0 radical (unpaired) electrons. The Morgan fingerprint density at radius 3 is 2.48 bits per heavy atom. The minimum Gasteiger partial charge on any atom is -0.495 e. The smallest absolute Gasteiger partial charge is 0.178 e. The molecule has 5 nitrogen and oxygen atoms in total. The molecule has 0 spiro atoms. The number of hydrogen-bond donors (Lipinski definition) is 2. The summed E-state index contributed by atoms with van der Waals surface area (Å²) in [5, 5.41) is 6.49. The highest BCUT2D eigenvalue weighted by atomic mass is 32.2. The minimum absolute atomic E-state index is 0.0698. The summed E-state index contributed by atoms with van der Waals surface area (Å²) in [6.45, 7) is 2.39. The van der Waals surface area contributed by atoms with Gasteiger partial charge in [0.1, 0.15) is 5.75 Å². The number of aryl methyl sites for hydroxylation is 1. The van der Waals surface area contributed by atoms with Crippen LogP contribution in [0.1, 0.15) is 12.0 Å². The van der Waals surface area contributed by atoms with Crippen molar-refractivity contribution in [2.24, 2.45) is 0 Å². The molecule has 0 atom stereocenters. The Hall–Kier alpha value is -2.12. The Morgan fingerprint density at radius 1 is 1.12 bits per heavy atom. The Bertz CT molecular complexity index is 818. The highest BCUT2D eigenvalue weighted by Crippen LogP contribution is 2.22. The molecule has 0 aromatic heterocycles. The van der Waals surface area contributed by atoms with Crippen LogP contribution in [0.4, 0.5) is 5.69 Å². The summed E-state index contributed by atoms with van der Waals surface area (Å²) in [7, 11) is -1.68. The van der Waals surface area contributed by atoms with Crippen molar-refractivity contribution in [2.45, 2.75) is 18.2 Å². The van der Waals surface area contributed by atoms with Crippen LogP contribution in [0.15, 0.2) is 53.4 Å². The lowest BCUT2D eigenvalue weighted by Gasteiger charge is -2.13. The van der Waals surface area contributed by atoms with Gasteiger partial charge in [0.15, 0.2) is 14.9 Å². The summed E-state index contributed by atoms with van der Waals surface area (Å²) in [5.41, 5.74) is 1.79. The average molecular weight is 379 g/mol. The van der Waals surface area contributed by atoms with Gasteiger partial charge < -0.3 is 15.4 Å². The topological polar surface area (TPSA) is 67.4 Å². The van der Waals surface area contributed by atoms with Crippen LogP contribution < -0.4 is 15.4 Å². The highest BCUT2D eigenvalue weighted by molar-refractivity contribution is 7.91. The molecule has 0 saturated carbocycles. The molecule has 0 unspecified atom stereocenters. The van der Waals surface area contributed by atoms with Gasteiger partial charge in [-0.05, 0) is 49.8 Å². The number of benzene rings is 2. The third-order valence-corrected chi connectivity index (χ3v) is 5.67. The quantitative estimate of drug-likeness (QED) is 0.570. The van der Waals surface area contributed by atoms with Crippen LogP contribution in [0.5, 0.6) is 5.75 Å². The minimum atomic E-state index is -3.27. The molecular weight excluding hydrogens is 356 g/mol. The van der Waals surface area contributed by atoms with Crippen molar-refractivity contribution in [1.29, 1.82) is 0 Å². The van der Waals surface area contributed by atoms with Crippen molar-refractivity contribution < 1.29 is 13.2 Å². The normalized spacial score (nSPS) is 11.0. The lowest BCUT2D eigenvalue weighted by molar-refractivity contribution is 0.417. The number of anilines is 1. The number of rotatable bonds is 7. The molecular formula is C18H22N2O3S2. The SMILES string of the molecule is COc1ccccc1NC(=S)NCCCS(=O)(=O)c1ccc(C)cc1. The third kappa shape index (κ3) is 5.72. The maximum atomic E-state index is 12.3.